The van der Waals surface area contributed by atoms with Gasteiger partial charge < -0.3 is 10.6 Å². The van der Waals surface area contributed by atoms with Crippen LogP contribution in [0, 0.1) is 5.82 Å². The number of hydrogen-bond acceptors (Lipinski definition) is 3. The van der Waals surface area contributed by atoms with Crippen LogP contribution in [-0.2, 0) is 6.54 Å². The van der Waals surface area contributed by atoms with E-state index in [0.29, 0.717) is 6.54 Å². The van der Waals surface area contributed by atoms with Crippen LogP contribution in [0.5, 0.6) is 0 Å². The van der Waals surface area contributed by atoms with Crippen LogP contribution >= 0.6 is 11.6 Å². The topological polar surface area (TPSA) is 71.8 Å². The van der Waals surface area contributed by atoms with Gasteiger partial charge in [-0.2, -0.15) is 5.10 Å². The fraction of sp³-hybridized carbons (Fsp3) is 0.250. The van der Waals surface area contributed by atoms with Crippen molar-refractivity contribution in [3.63, 3.8) is 0 Å². The Kier molecular flexibility index (Phi) is 4.52. The number of urea groups is 1. The second-order valence-corrected chi connectivity index (χ2v) is 4.65. The standard InChI is InChI=1S/C12H13ClFN5O/c1-8(5-19-7-15-6-16-19)17-12(20)18-11-4-9(14)2-3-10(11)13/h2-4,6-8H,5H2,1H3,(H2,17,18,20)/t8-/m0/s1. The lowest BCUT2D eigenvalue weighted by atomic mass is 10.3. The van der Waals surface area contributed by atoms with E-state index >= 15 is 0 Å². The molecule has 2 aromatic rings. The van der Waals surface area contributed by atoms with Crippen molar-refractivity contribution in [1.29, 1.82) is 0 Å². The number of anilines is 1. The van der Waals surface area contributed by atoms with Gasteiger partial charge >= 0.3 is 6.03 Å². The molecular formula is C12H13ClFN5O. The Balaban J connectivity index is 1.90. The molecule has 1 aromatic heterocycles. The van der Waals surface area contributed by atoms with E-state index in [0.717, 1.165) is 6.07 Å². The summed E-state index contributed by atoms with van der Waals surface area (Å²) in [4.78, 5) is 15.6. The van der Waals surface area contributed by atoms with Crippen molar-refractivity contribution < 1.29 is 9.18 Å². The summed E-state index contributed by atoms with van der Waals surface area (Å²) in [6, 6.07) is 3.11. The predicted octanol–water partition coefficient (Wildman–Crippen LogP) is 2.28. The molecule has 0 aliphatic carbocycles. The fourth-order valence-corrected chi connectivity index (χ4v) is 1.79. The van der Waals surface area contributed by atoms with Crippen molar-refractivity contribution >= 4 is 23.3 Å². The minimum atomic E-state index is -0.472. The molecule has 0 bridgehead atoms. The number of halogens is 2. The molecule has 2 N–H and O–H groups in total. The van der Waals surface area contributed by atoms with Gasteiger partial charge in [0.05, 0.1) is 17.3 Å². The second kappa shape index (κ2) is 6.33. The largest absolute Gasteiger partial charge is 0.334 e. The summed E-state index contributed by atoms with van der Waals surface area (Å²) in [5.74, 6) is -0.472. The third kappa shape index (κ3) is 3.92. The van der Waals surface area contributed by atoms with Crippen LogP contribution in [0.4, 0.5) is 14.9 Å². The van der Waals surface area contributed by atoms with Crippen molar-refractivity contribution in [1.82, 2.24) is 20.1 Å². The summed E-state index contributed by atoms with van der Waals surface area (Å²) < 4.78 is 14.7. The highest BCUT2D eigenvalue weighted by Gasteiger charge is 2.10. The Hall–Kier alpha value is -2.15. The van der Waals surface area contributed by atoms with Gasteiger partial charge in [-0.1, -0.05) is 11.6 Å². The lowest BCUT2D eigenvalue weighted by Crippen LogP contribution is -2.38. The molecule has 20 heavy (non-hydrogen) atoms. The van der Waals surface area contributed by atoms with Crippen LogP contribution in [-0.4, -0.2) is 26.8 Å². The normalized spacial score (nSPS) is 11.9. The molecule has 0 fully saturated rings. The summed E-state index contributed by atoms with van der Waals surface area (Å²) in [6.45, 7) is 2.29. The Morgan fingerprint density at radius 3 is 3.05 bits per heavy atom. The molecule has 0 unspecified atom stereocenters. The van der Waals surface area contributed by atoms with E-state index in [1.165, 1.54) is 18.5 Å². The lowest BCUT2D eigenvalue weighted by Gasteiger charge is -2.15. The zero-order valence-electron chi connectivity index (χ0n) is 10.7. The Morgan fingerprint density at radius 2 is 2.35 bits per heavy atom. The minimum absolute atomic E-state index is 0.177. The summed E-state index contributed by atoms with van der Waals surface area (Å²) >= 11 is 5.86. The summed E-state index contributed by atoms with van der Waals surface area (Å²) in [5.41, 5.74) is 0.220. The van der Waals surface area contributed by atoms with Crippen molar-refractivity contribution in [2.75, 3.05) is 5.32 Å². The molecule has 8 heteroatoms. The summed E-state index contributed by atoms with van der Waals surface area (Å²) in [7, 11) is 0. The first-order valence-corrected chi connectivity index (χ1v) is 6.27. The van der Waals surface area contributed by atoms with Gasteiger partial charge in [-0.25, -0.2) is 14.2 Å². The number of amides is 2. The van der Waals surface area contributed by atoms with E-state index in [-0.39, 0.29) is 16.8 Å². The highest BCUT2D eigenvalue weighted by atomic mass is 35.5. The van der Waals surface area contributed by atoms with Crippen LogP contribution in [0.15, 0.2) is 30.9 Å². The number of benzene rings is 1. The average molecular weight is 298 g/mol. The van der Waals surface area contributed by atoms with Crippen LogP contribution in [0.2, 0.25) is 5.02 Å². The SMILES string of the molecule is C[C@@H](Cn1cncn1)NC(=O)Nc1cc(F)ccc1Cl. The third-order valence-corrected chi connectivity index (χ3v) is 2.81. The molecule has 1 atom stereocenters. The van der Waals surface area contributed by atoms with Gasteiger partial charge in [-0.15, -0.1) is 0 Å². The van der Waals surface area contributed by atoms with Gasteiger partial charge in [-0.3, -0.25) is 4.68 Å². The van der Waals surface area contributed by atoms with Gasteiger partial charge in [0.2, 0.25) is 0 Å². The van der Waals surface area contributed by atoms with Gasteiger partial charge in [0.25, 0.3) is 0 Å². The first-order chi connectivity index (χ1) is 9.54. The summed E-state index contributed by atoms with van der Waals surface area (Å²) in [5, 5.41) is 9.39. The number of nitrogens with zero attached hydrogens (tertiary/aromatic N) is 3. The Morgan fingerprint density at radius 1 is 1.55 bits per heavy atom. The van der Waals surface area contributed by atoms with Crippen molar-refractivity contribution in [3.8, 4) is 0 Å². The molecule has 0 spiro atoms. The Bertz CT molecular complexity index is 590. The monoisotopic (exact) mass is 297 g/mol. The minimum Gasteiger partial charge on any atom is -0.334 e. The van der Waals surface area contributed by atoms with E-state index in [1.807, 2.05) is 6.92 Å². The molecule has 0 radical (unpaired) electrons. The molecule has 0 aliphatic heterocycles. The molecule has 0 aliphatic rings. The molecule has 106 valence electrons. The van der Waals surface area contributed by atoms with Gasteiger partial charge in [-0.05, 0) is 25.1 Å². The number of aromatic nitrogens is 3. The van der Waals surface area contributed by atoms with Gasteiger partial charge in [0, 0.05) is 6.04 Å². The molecule has 1 heterocycles. The maximum atomic E-state index is 13.1. The van der Waals surface area contributed by atoms with Gasteiger partial charge in [0.1, 0.15) is 18.5 Å². The molecule has 2 rings (SSSR count). The Labute approximate surface area is 120 Å². The first kappa shape index (κ1) is 14.3. The third-order valence-electron chi connectivity index (χ3n) is 2.48. The van der Waals surface area contributed by atoms with E-state index in [4.69, 9.17) is 11.6 Å². The molecular weight excluding hydrogens is 285 g/mol. The van der Waals surface area contributed by atoms with E-state index in [2.05, 4.69) is 20.7 Å². The maximum Gasteiger partial charge on any atom is 0.319 e. The van der Waals surface area contributed by atoms with Gasteiger partial charge in [0.15, 0.2) is 0 Å². The molecule has 6 nitrogen and oxygen atoms in total. The van der Waals surface area contributed by atoms with Crippen molar-refractivity contribution in [2.45, 2.75) is 19.5 Å². The molecule has 2 amide bonds. The first-order valence-electron chi connectivity index (χ1n) is 5.89. The van der Waals surface area contributed by atoms with Crippen LogP contribution < -0.4 is 10.6 Å². The number of hydrogen-bond donors (Lipinski definition) is 2. The quantitative estimate of drug-likeness (QED) is 0.909. The highest BCUT2D eigenvalue weighted by molar-refractivity contribution is 6.33. The number of carbonyl (C=O) groups excluding carboxylic acids is 1. The van der Waals surface area contributed by atoms with Crippen LogP contribution in [0.25, 0.3) is 0 Å². The molecule has 0 saturated carbocycles. The predicted molar refractivity (Wildman–Crippen MR) is 73.0 cm³/mol. The number of rotatable bonds is 4. The number of nitrogens with one attached hydrogen (secondary N) is 2. The highest BCUT2D eigenvalue weighted by Crippen LogP contribution is 2.22. The summed E-state index contributed by atoms with van der Waals surface area (Å²) in [6.07, 6.45) is 2.97. The van der Waals surface area contributed by atoms with Crippen molar-refractivity contribution in [3.05, 3.63) is 41.7 Å². The zero-order valence-corrected chi connectivity index (χ0v) is 11.4. The van der Waals surface area contributed by atoms with E-state index in [9.17, 15) is 9.18 Å². The molecule has 1 aromatic carbocycles. The second-order valence-electron chi connectivity index (χ2n) is 4.24. The average Bonchev–Trinajstić information content (AvgIpc) is 2.86. The van der Waals surface area contributed by atoms with E-state index < -0.39 is 11.8 Å². The van der Waals surface area contributed by atoms with Crippen molar-refractivity contribution in [2.24, 2.45) is 0 Å². The van der Waals surface area contributed by atoms with Crippen LogP contribution in [0.1, 0.15) is 6.92 Å². The van der Waals surface area contributed by atoms with Crippen LogP contribution in [0.3, 0.4) is 0 Å². The smallest absolute Gasteiger partial charge is 0.319 e. The van der Waals surface area contributed by atoms with E-state index in [1.54, 1.807) is 11.0 Å². The number of carbonyl (C=O) groups is 1. The lowest BCUT2D eigenvalue weighted by molar-refractivity contribution is 0.247. The zero-order chi connectivity index (χ0) is 14.5. The molecule has 0 saturated heterocycles. The maximum absolute atomic E-state index is 13.1. The fourth-order valence-electron chi connectivity index (χ4n) is 1.63.